The van der Waals surface area contributed by atoms with Crippen LogP contribution in [0.25, 0.3) is 21.9 Å². The van der Waals surface area contributed by atoms with Gasteiger partial charge < -0.3 is 9.32 Å². The average Bonchev–Trinajstić information content (AvgIpc) is 3.48. The highest BCUT2D eigenvalue weighted by Crippen LogP contribution is 2.33. The van der Waals surface area contributed by atoms with Crippen LogP contribution in [0.15, 0.2) is 46.9 Å². The van der Waals surface area contributed by atoms with Crippen LogP contribution in [-0.4, -0.2) is 38.6 Å². The minimum atomic E-state index is -1.05. The fraction of sp³-hybridized carbons (Fsp3) is 0.280. The van der Waals surface area contributed by atoms with Crippen molar-refractivity contribution in [3.8, 4) is 21.9 Å². The van der Waals surface area contributed by atoms with Crippen molar-refractivity contribution in [2.45, 2.75) is 38.6 Å². The van der Waals surface area contributed by atoms with Gasteiger partial charge in [0.1, 0.15) is 11.5 Å². The molecule has 1 aliphatic rings. The number of carbonyl (C=O) groups is 1. The number of nitrogens with zero attached hydrogens (tertiary/aromatic N) is 4. The van der Waals surface area contributed by atoms with E-state index >= 15 is 0 Å². The Balaban J connectivity index is 1.40. The summed E-state index contributed by atoms with van der Waals surface area (Å²) in [5.41, 5.74) is 0.953. The smallest absolute Gasteiger partial charge is 0.274 e. The van der Waals surface area contributed by atoms with Crippen LogP contribution in [0.2, 0.25) is 0 Å². The highest BCUT2D eigenvalue weighted by molar-refractivity contribution is 7.15. The lowest BCUT2D eigenvalue weighted by atomic mass is 9.98. The van der Waals surface area contributed by atoms with Gasteiger partial charge in [0.15, 0.2) is 11.6 Å². The minimum Gasteiger partial charge on any atom is -0.421 e. The quantitative estimate of drug-likeness (QED) is 0.347. The number of amides is 1. The summed E-state index contributed by atoms with van der Waals surface area (Å²) < 4.78 is 46.8. The first-order chi connectivity index (χ1) is 16.9. The Hall–Kier alpha value is -3.53. The zero-order chi connectivity index (χ0) is 24.5. The molecule has 0 aliphatic carbocycles. The van der Waals surface area contributed by atoms with Crippen LogP contribution in [0.1, 0.15) is 40.6 Å². The molecule has 3 heterocycles. The number of aryl methyl sites for hydroxylation is 1. The average molecular weight is 499 g/mol. The molecule has 1 aliphatic heterocycles. The van der Waals surface area contributed by atoms with Gasteiger partial charge in [-0.2, -0.15) is 0 Å². The SMILES string of the molecule is Cc1nc(C(=O)N2CCCC[C@H]2Cc2nnc(-c3cccc(F)c3F)o2)c(-c2ccc(F)cc2)s1. The van der Waals surface area contributed by atoms with E-state index in [0.717, 1.165) is 35.9 Å². The third-order valence-corrected chi connectivity index (χ3v) is 7.01. The highest BCUT2D eigenvalue weighted by Gasteiger charge is 2.32. The van der Waals surface area contributed by atoms with Gasteiger partial charge in [-0.25, -0.2) is 18.2 Å². The molecule has 0 spiro atoms. The molecule has 1 saturated heterocycles. The number of thiazole rings is 1. The summed E-state index contributed by atoms with van der Waals surface area (Å²) in [7, 11) is 0. The topological polar surface area (TPSA) is 72.1 Å². The van der Waals surface area contributed by atoms with E-state index in [1.807, 2.05) is 6.92 Å². The second-order valence-corrected chi connectivity index (χ2v) is 9.58. The fourth-order valence-electron chi connectivity index (χ4n) is 4.30. The van der Waals surface area contributed by atoms with Crippen LogP contribution >= 0.6 is 11.3 Å². The van der Waals surface area contributed by atoms with Crippen LogP contribution < -0.4 is 0 Å². The van der Waals surface area contributed by atoms with Crippen molar-refractivity contribution in [1.82, 2.24) is 20.1 Å². The zero-order valence-corrected chi connectivity index (χ0v) is 19.6. The number of aromatic nitrogens is 3. The van der Waals surface area contributed by atoms with E-state index < -0.39 is 11.6 Å². The lowest BCUT2D eigenvalue weighted by Gasteiger charge is -2.35. The summed E-state index contributed by atoms with van der Waals surface area (Å²) in [6.07, 6.45) is 2.78. The Morgan fingerprint density at radius 2 is 1.91 bits per heavy atom. The Labute approximate surface area is 203 Å². The maximum atomic E-state index is 14.1. The van der Waals surface area contributed by atoms with Crippen molar-refractivity contribution in [2.24, 2.45) is 0 Å². The molecule has 180 valence electrons. The molecule has 0 N–H and O–H groups in total. The van der Waals surface area contributed by atoms with Crippen LogP contribution in [0.4, 0.5) is 13.2 Å². The molecule has 4 aromatic rings. The Bertz CT molecular complexity index is 1370. The van der Waals surface area contributed by atoms with Gasteiger partial charge in [-0.1, -0.05) is 18.2 Å². The molecule has 35 heavy (non-hydrogen) atoms. The van der Waals surface area contributed by atoms with Crippen LogP contribution in [-0.2, 0) is 6.42 Å². The summed E-state index contributed by atoms with van der Waals surface area (Å²) in [4.78, 5) is 20.6. The van der Waals surface area contributed by atoms with Gasteiger partial charge in [0, 0.05) is 19.0 Å². The zero-order valence-electron chi connectivity index (χ0n) is 18.8. The first-order valence-electron chi connectivity index (χ1n) is 11.2. The Morgan fingerprint density at radius 3 is 2.71 bits per heavy atom. The van der Waals surface area contributed by atoms with Crippen LogP contribution in [0.5, 0.6) is 0 Å². The number of piperidine rings is 1. The van der Waals surface area contributed by atoms with E-state index in [1.165, 1.54) is 35.6 Å². The van der Waals surface area contributed by atoms with Crippen molar-refractivity contribution in [2.75, 3.05) is 6.54 Å². The monoisotopic (exact) mass is 498 g/mol. The number of rotatable bonds is 5. The van der Waals surface area contributed by atoms with E-state index in [1.54, 1.807) is 17.0 Å². The number of halogens is 3. The van der Waals surface area contributed by atoms with Crippen molar-refractivity contribution >= 4 is 17.2 Å². The van der Waals surface area contributed by atoms with E-state index in [0.29, 0.717) is 17.1 Å². The summed E-state index contributed by atoms with van der Waals surface area (Å²) in [5.74, 6) is -2.49. The van der Waals surface area contributed by atoms with Gasteiger partial charge in [-0.05, 0) is 56.0 Å². The maximum Gasteiger partial charge on any atom is 0.274 e. The van der Waals surface area contributed by atoms with Crippen molar-refractivity contribution < 1.29 is 22.4 Å². The lowest BCUT2D eigenvalue weighted by molar-refractivity contribution is 0.0601. The first-order valence-corrected chi connectivity index (χ1v) is 12.0. The summed E-state index contributed by atoms with van der Waals surface area (Å²) in [6.45, 7) is 2.37. The molecule has 6 nitrogen and oxygen atoms in total. The van der Waals surface area contributed by atoms with Crippen molar-refractivity contribution in [3.05, 3.63) is 76.5 Å². The lowest BCUT2D eigenvalue weighted by Crippen LogP contribution is -2.45. The van der Waals surface area contributed by atoms with E-state index in [4.69, 9.17) is 4.42 Å². The maximum absolute atomic E-state index is 14.1. The fourth-order valence-corrected chi connectivity index (χ4v) is 5.22. The molecule has 0 radical (unpaired) electrons. The molecular formula is C25H21F3N4O2S. The van der Waals surface area contributed by atoms with Gasteiger partial charge in [0.25, 0.3) is 11.8 Å². The van der Waals surface area contributed by atoms with Gasteiger partial charge in [-0.15, -0.1) is 21.5 Å². The summed E-state index contributed by atoms with van der Waals surface area (Å²) >= 11 is 1.39. The number of carbonyl (C=O) groups excluding carboxylic acids is 1. The Kier molecular flexibility index (Phi) is 6.38. The molecule has 5 rings (SSSR count). The van der Waals surface area contributed by atoms with Gasteiger partial charge >= 0.3 is 0 Å². The largest absolute Gasteiger partial charge is 0.421 e. The third kappa shape index (κ3) is 4.70. The molecule has 0 bridgehead atoms. The predicted molar refractivity (Wildman–Crippen MR) is 124 cm³/mol. The molecule has 0 unspecified atom stereocenters. The molecule has 2 aromatic carbocycles. The molecule has 1 amide bonds. The first kappa shape index (κ1) is 23.2. The van der Waals surface area contributed by atoms with Crippen molar-refractivity contribution in [1.29, 1.82) is 0 Å². The second kappa shape index (κ2) is 9.61. The molecule has 2 aromatic heterocycles. The van der Waals surface area contributed by atoms with E-state index in [9.17, 15) is 18.0 Å². The molecule has 10 heteroatoms. The number of hydrogen-bond donors (Lipinski definition) is 0. The van der Waals surface area contributed by atoms with Crippen molar-refractivity contribution in [3.63, 3.8) is 0 Å². The normalized spacial score (nSPS) is 16.0. The van der Waals surface area contributed by atoms with E-state index in [2.05, 4.69) is 15.2 Å². The van der Waals surface area contributed by atoms with Gasteiger partial charge in [0.05, 0.1) is 15.4 Å². The number of hydrogen-bond acceptors (Lipinski definition) is 6. The summed E-state index contributed by atoms with van der Waals surface area (Å²) in [5, 5.41) is 8.62. The minimum absolute atomic E-state index is 0.109. The van der Waals surface area contributed by atoms with Gasteiger partial charge in [0.2, 0.25) is 5.89 Å². The molecule has 1 fully saturated rings. The summed E-state index contributed by atoms with van der Waals surface area (Å²) in [6, 6.07) is 9.53. The second-order valence-electron chi connectivity index (χ2n) is 8.37. The number of benzene rings is 2. The highest BCUT2D eigenvalue weighted by atomic mass is 32.1. The van der Waals surface area contributed by atoms with E-state index in [-0.39, 0.29) is 41.5 Å². The van der Waals surface area contributed by atoms with Crippen LogP contribution in [0.3, 0.4) is 0 Å². The molecular weight excluding hydrogens is 477 g/mol. The van der Waals surface area contributed by atoms with Crippen LogP contribution in [0, 0.1) is 24.4 Å². The predicted octanol–water partition coefficient (Wildman–Crippen LogP) is 5.82. The van der Waals surface area contributed by atoms with Gasteiger partial charge in [-0.3, -0.25) is 4.79 Å². The molecule has 0 saturated carbocycles. The third-order valence-electron chi connectivity index (χ3n) is 5.99. The Morgan fingerprint density at radius 1 is 1.11 bits per heavy atom. The standard InChI is InChI=1S/C25H21F3N4O2S/c1-14-29-22(23(35-14)15-8-10-16(26)11-9-15)25(33)32-12-3-2-5-17(32)13-20-30-31-24(34-20)18-6-4-7-19(27)21(18)28/h4,6-11,17H,2-3,5,12-13H2,1H3/t17-/m0/s1. The number of likely N-dealkylation sites (tertiary alicyclic amines) is 1. The molecule has 1 atom stereocenters.